The average molecular weight is 474 g/mol. The van der Waals surface area contributed by atoms with E-state index in [4.69, 9.17) is 9.47 Å². The van der Waals surface area contributed by atoms with Crippen molar-refractivity contribution in [2.75, 3.05) is 46.4 Å². The molecule has 2 aliphatic rings. The number of fused-ring (bicyclic) bond motifs is 1. The molecule has 2 aliphatic heterocycles. The summed E-state index contributed by atoms with van der Waals surface area (Å²) in [5.74, 6) is 0.842. The second-order valence-electron chi connectivity index (χ2n) is 8.50. The fourth-order valence-electron chi connectivity index (χ4n) is 4.18. The highest BCUT2D eigenvalue weighted by Gasteiger charge is 2.32. The molecule has 33 heavy (non-hydrogen) atoms. The van der Waals surface area contributed by atoms with Crippen LogP contribution < -0.4 is 14.8 Å². The molecule has 1 N–H and O–H groups in total. The van der Waals surface area contributed by atoms with E-state index in [0.29, 0.717) is 57.2 Å². The van der Waals surface area contributed by atoms with Gasteiger partial charge in [0.15, 0.2) is 11.5 Å². The van der Waals surface area contributed by atoms with Crippen LogP contribution in [0.25, 0.3) is 0 Å². The highest BCUT2D eigenvalue weighted by Crippen LogP contribution is 2.34. The van der Waals surface area contributed by atoms with Crippen LogP contribution in [0, 0.1) is 5.92 Å². The van der Waals surface area contributed by atoms with Gasteiger partial charge in [-0.05, 0) is 37.6 Å². The van der Waals surface area contributed by atoms with Crippen molar-refractivity contribution in [2.24, 2.45) is 5.92 Å². The van der Waals surface area contributed by atoms with Gasteiger partial charge in [0.2, 0.25) is 15.9 Å². The molecule has 1 saturated heterocycles. The topological polar surface area (TPSA) is 88.2 Å². The van der Waals surface area contributed by atoms with E-state index in [0.717, 1.165) is 13.1 Å². The summed E-state index contributed by atoms with van der Waals surface area (Å²) in [4.78, 5) is 15.0. The minimum absolute atomic E-state index is 0.000474. The minimum atomic E-state index is -3.64. The number of ether oxygens (including phenoxy) is 2. The van der Waals surface area contributed by atoms with Gasteiger partial charge in [-0.1, -0.05) is 30.3 Å². The SMILES string of the molecule is CN(CCNC(=O)C1CCN(S(=O)(=O)c2ccc3c(c2)OCCO3)CC1)Cc1ccccc1. The fourth-order valence-corrected chi connectivity index (χ4v) is 5.67. The first-order chi connectivity index (χ1) is 15.9. The Bertz CT molecular complexity index is 1050. The number of hydrogen-bond acceptors (Lipinski definition) is 6. The molecule has 9 heteroatoms. The first-order valence-corrected chi connectivity index (χ1v) is 12.8. The lowest BCUT2D eigenvalue weighted by Crippen LogP contribution is -2.44. The van der Waals surface area contributed by atoms with E-state index in [1.807, 2.05) is 25.2 Å². The molecule has 2 aromatic carbocycles. The van der Waals surface area contributed by atoms with E-state index >= 15 is 0 Å². The van der Waals surface area contributed by atoms with E-state index in [1.165, 1.54) is 15.9 Å². The van der Waals surface area contributed by atoms with Crippen LogP contribution in [0.5, 0.6) is 11.5 Å². The number of nitrogens with zero attached hydrogens (tertiary/aromatic N) is 2. The molecule has 8 nitrogen and oxygen atoms in total. The Morgan fingerprint density at radius 3 is 2.48 bits per heavy atom. The van der Waals surface area contributed by atoms with Gasteiger partial charge in [-0.2, -0.15) is 4.31 Å². The third-order valence-electron chi connectivity index (χ3n) is 6.06. The maximum atomic E-state index is 13.1. The normalized spacial score (nSPS) is 17.2. The molecule has 4 rings (SSSR count). The predicted molar refractivity (Wildman–Crippen MR) is 125 cm³/mol. The van der Waals surface area contributed by atoms with Crippen molar-refractivity contribution in [3.05, 3.63) is 54.1 Å². The number of amides is 1. The van der Waals surface area contributed by atoms with E-state index in [1.54, 1.807) is 12.1 Å². The minimum Gasteiger partial charge on any atom is -0.486 e. The number of piperidine rings is 1. The lowest BCUT2D eigenvalue weighted by Gasteiger charge is -2.31. The quantitative estimate of drug-likeness (QED) is 0.632. The third-order valence-corrected chi connectivity index (χ3v) is 7.96. The fraction of sp³-hybridized carbons (Fsp3) is 0.458. The van der Waals surface area contributed by atoms with Crippen molar-refractivity contribution in [2.45, 2.75) is 24.3 Å². The molecule has 2 aromatic rings. The van der Waals surface area contributed by atoms with Crippen LogP contribution in [0.1, 0.15) is 18.4 Å². The number of carbonyl (C=O) groups excluding carboxylic acids is 1. The number of benzene rings is 2. The second kappa shape index (κ2) is 10.5. The van der Waals surface area contributed by atoms with Crippen LogP contribution in [0.4, 0.5) is 0 Å². The molecule has 178 valence electrons. The van der Waals surface area contributed by atoms with E-state index in [2.05, 4.69) is 22.3 Å². The Morgan fingerprint density at radius 1 is 1.06 bits per heavy atom. The van der Waals surface area contributed by atoms with Crippen LogP contribution in [-0.2, 0) is 21.4 Å². The molecule has 0 aliphatic carbocycles. The summed E-state index contributed by atoms with van der Waals surface area (Å²) in [7, 11) is -1.62. The van der Waals surface area contributed by atoms with Crippen LogP contribution in [0.15, 0.2) is 53.4 Å². The Labute approximate surface area is 195 Å². The molecule has 0 bridgehead atoms. The van der Waals surface area contributed by atoms with Gasteiger partial charge in [0, 0.05) is 44.7 Å². The zero-order chi connectivity index (χ0) is 23.3. The average Bonchev–Trinajstić information content (AvgIpc) is 2.84. The number of sulfonamides is 1. The molecular formula is C24H31N3O5S. The summed E-state index contributed by atoms with van der Waals surface area (Å²) >= 11 is 0. The highest BCUT2D eigenvalue weighted by molar-refractivity contribution is 7.89. The summed E-state index contributed by atoms with van der Waals surface area (Å²) in [5.41, 5.74) is 1.23. The van der Waals surface area contributed by atoms with Crippen molar-refractivity contribution in [3.8, 4) is 11.5 Å². The van der Waals surface area contributed by atoms with Crippen LogP contribution in [0.2, 0.25) is 0 Å². The maximum Gasteiger partial charge on any atom is 0.243 e. The van der Waals surface area contributed by atoms with Crippen LogP contribution in [-0.4, -0.2) is 70.0 Å². The maximum absolute atomic E-state index is 13.1. The third kappa shape index (κ3) is 5.85. The first-order valence-electron chi connectivity index (χ1n) is 11.3. The van der Waals surface area contributed by atoms with Crippen molar-refractivity contribution in [1.82, 2.24) is 14.5 Å². The molecule has 0 atom stereocenters. The molecule has 0 unspecified atom stereocenters. The lowest BCUT2D eigenvalue weighted by molar-refractivity contribution is -0.126. The molecule has 0 saturated carbocycles. The first kappa shape index (κ1) is 23.5. The summed E-state index contributed by atoms with van der Waals surface area (Å²) in [6.07, 6.45) is 1.02. The van der Waals surface area contributed by atoms with Crippen molar-refractivity contribution in [3.63, 3.8) is 0 Å². The van der Waals surface area contributed by atoms with Gasteiger partial charge in [0.25, 0.3) is 0 Å². The molecular weight excluding hydrogens is 442 g/mol. The molecule has 0 aromatic heterocycles. The smallest absolute Gasteiger partial charge is 0.243 e. The van der Waals surface area contributed by atoms with E-state index < -0.39 is 10.0 Å². The van der Waals surface area contributed by atoms with Crippen molar-refractivity contribution < 1.29 is 22.7 Å². The molecule has 0 radical (unpaired) electrons. The number of nitrogens with one attached hydrogen (secondary N) is 1. The standard InChI is InChI=1S/C24H31N3O5S/c1-26(18-19-5-3-2-4-6-19)14-11-25-24(28)20-9-12-27(13-10-20)33(29,30)21-7-8-22-23(17-21)32-16-15-31-22/h2-8,17,20H,9-16,18H2,1H3,(H,25,28). The van der Waals surface area contributed by atoms with Crippen molar-refractivity contribution in [1.29, 1.82) is 0 Å². The number of carbonyl (C=O) groups is 1. The largest absolute Gasteiger partial charge is 0.486 e. The van der Waals surface area contributed by atoms with Gasteiger partial charge in [-0.3, -0.25) is 4.79 Å². The molecule has 1 fully saturated rings. The van der Waals surface area contributed by atoms with E-state index in [9.17, 15) is 13.2 Å². The lowest BCUT2D eigenvalue weighted by atomic mass is 9.97. The van der Waals surface area contributed by atoms with Crippen molar-refractivity contribution >= 4 is 15.9 Å². The van der Waals surface area contributed by atoms with Gasteiger partial charge in [0.05, 0.1) is 4.90 Å². The second-order valence-corrected chi connectivity index (χ2v) is 10.4. The Morgan fingerprint density at radius 2 is 1.76 bits per heavy atom. The zero-order valence-electron chi connectivity index (χ0n) is 18.9. The number of likely N-dealkylation sites (N-methyl/N-ethyl adjacent to an activating group) is 1. The Kier molecular flexibility index (Phi) is 7.52. The van der Waals surface area contributed by atoms with E-state index in [-0.39, 0.29) is 16.7 Å². The molecule has 1 amide bonds. The Hall–Kier alpha value is -2.62. The van der Waals surface area contributed by atoms with Crippen LogP contribution >= 0.6 is 0 Å². The summed E-state index contributed by atoms with van der Waals surface area (Å²) in [6.45, 7) is 3.64. The summed E-state index contributed by atoms with van der Waals surface area (Å²) in [6, 6.07) is 14.9. The summed E-state index contributed by atoms with van der Waals surface area (Å²) < 4.78 is 38.6. The van der Waals surface area contributed by atoms with Crippen LogP contribution in [0.3, 0.4) is 0 Å². The molecule has 2 heterocycles. The molecule has 0 spiro atoms. The monoisotopic (exact) mass is 473 g/mol. The highest BCUT2D eigenvalue weighted by atomic mass is 32.2. The van der Waals surface area contributed by atoms with Gasteiger partial charge in [-0.25, -0.2) is 8.42 Å². The van der Waals surface area contributed by atoms with Gasteiger partial charge < -0.3 is 19.7 Å². The number of hydrogen-bond donors (Lipinski definition) is 1. The van der Waals surface area contributed by atoms with Gasteiger partial charge in [0.1, 0.15) is 13.2 Å². The Balaban J connectivity index is 1.24. The predicted octanol–water partition coefficient (Wildman–Crippen LogP) is 2.11. The summed E-state index contributed by atoms with van der Waals surface area (Å²) in [5, 5.41) is 3.01. The van der Waals surface area contributed by atoms with Gasteiger partial charge >= 0.3 is 0 Å². The van der Waals surface area contributed by atoms with Gasteiger partial charge in [-0.15, -0.1) is 0 Å². The number of rotatable bonds is 8. The zero-order valence-corrected chi connectivity index (χ0v) is 19.7.